The molecule has 0 aromatic heterocycles. The molecule has 2 aromatic carbocycles. The van der Waals surface area contributed by atoms with Crippen molar-refractivity contribution in [3.05, 3.63) is 58.1 Å². The van der Waals surface area contributed by atoms with Crippen LogP contribution in [-0.2, 0) is 4.74 Å². The predicted molar refractivity (Wildman–Crippen MR) is 87.7 cm³/mol. The maximum atomic E-state index is 6.18. The Balaban J connectivity index is 1.71. The fourth-order valence-electron chi connectivity index (χ4n) is 3.16. The molecule has 5 heteroatoms. The van der Waals surface area contributed by atoms with E-state index in [9.17, 15) is 0 Å². The van der Waals surface area contributed by atoms with Crippen LogP contribution in [0.25, 0.3) is 0 Å². The van der Waals surface area contributed by atoms with Gasteiger partial charge in [0.05, 0.1) is 12.6 Å². The third-order valence-electron chi connectivity index (χ3n) is 4.23. The number of anilines is 1. The van der Waals surface area contributed by atoms with Crippen molar-refractivity contribution in [1.29, 1.82) is 0 Å². The Hall–Kier alpha value is -1.42. The molecule has 0 unspecified atom stereocenters. The molecule has 2 aliphatic heterocycles. The van der Waals surface area contributed by atoms with Crippen LogP contribution >= 0.6 is 23.2 Å². The van der Waals surface area contributed by atoms with Crippen LogP contribution in [0.5, 0.6) is 5.75 Å². The number of halogens is 2. The first-order chi connectivity index (χ1) is 10.7. The van der Waals surface area contributed by atoms with Gasteiger partial charge in [-0.25, -0.2) is 0 Å². The Kier molecular flexibility index (Phi) is 3.65. The van der Waals surface area contributed by atoms with E-state index in [0.29, 0.717) is 5.02 Å². The Bertz CT molecular complexity index is 690. The fourth-order valence-corrected chi connectivity index (χ4v) is 3.47. The van der Waals surface area contributed by atoms with Crippen molar-refractivity contribution in [2.75, 3.05) is 11.9 Å². The highest BCUT2D eigenvalue weighted by Gasteiger charge is 2.42. The van der Waals surface area contributed by atoms with E-state index in [1.165, 1.54) is 0 Å². The lowest BCUT2D eigenvalue weighted by Gasteiger charge is -2.36. The maximum Gasteiger partial charge on any atom is 0.205 e. The highest BCUT2D eigenvalue weighted by molar-refractivity contribution is 6.31. The molecular formula is C17H15Cl2NO2. The number of rotatable bonds is 2. The monoisotopic (exact) mass is 335 g/mol. The van der Waals surface area contributed by atoms with Gasteiger partial charge in [-0.1, -0.05) is 23.2 Å². The summed E-state index contributed by atoms with van der Waals surface area (Å²) in [4.78, 5) is 0. The zero-order chi connectivity index (χ0) is 15.1. The zero-order valence-corrected chi connectivity index (χ0v) is 13.3. The molecule has 0 aliphatic carbocycles. The van der Waals surface area contributed by atoms with E-state index < -0.39 is 0 Å². The van der Waals surface area contributed by atoms with E-state index in [1.807, 2.05) is 42.5 Å². The van der Waals surface area contributed by atoms with Gasteiger partial charge in [0.2, 0.25) is 6.29 Å². The molecule has 114 valence electrons. The third kappa shape index (κ3) is 2.54. The molecule has 2 aliphatic rings. The van der Waals surface area contributed by atoms with E-state index in [0.717, 1.165) is 35.1 Å². The van der Waals surface area contributed by atoms with E-state index in [2.05, 4.69) is 5.32 Å². The lowest BCUT2D eigenvalue weighted by molar-refractivity contribution is -0.0747. The number of hydrogen-bond donors (Lipinski definition) is 1. The summed E-state index contributed by atoms with van der Waals surface area (Å²) in [6.45, 7) is 0.718. The molecule has 0 spiro atoms. The Labute approximate surface area is 139 Å². The second-order valence-electron chi connectivity index (χ2n) is 5.62. The average molecular weight is 336 g/mol. The predicted octanol–water partition coefficient (Wildman–Crippen LogP) is 4.90. The van der Waals surface area contributed by atoms with Gasteiger partial charge in [0.1, 0.15) is 5.75 Å². The third-order valence-corrected chi connectivity index (χ3v) is 4.71. The van der Waals surface area contributed by atoms with Gasteiger partial charge in [-0.05, 0) is 48.9 Å². The van der Waals surface area contributed by atoms with Gasteiger partial charge in [0, 0.05) is 27.2 Å². The topological polar surface area (TPSA) is 30.5 Å². The van der Waals surface area contributed by atoms with Crippen LogP contribution in [0, 0.1) is 5.92 Å². The SMILES string of the molecule is Clc1ccc(N[C@@H]2c3cc(Cl)ccc3O[C@@H]3OCC[C@@H]32)cc1. The number of hydrogen-bond acceptors (Lipinski definition) is 3. The van der Waals surface area contributed by atoms with Crippen LogP contribution in [0.4, 0.5) is 5.69 Å². The molecule has 0 bridgehead atoms. The minimum Gasteiger partial charge on any atom is -0.464 e. The second kappa shape index (κ2) is 5.65. The Morgan fingerprint density at radius 2 is 1.77 bits per heavy atom. The van der Waals surface area contributed by atoms with Gasteiger partial charge in [-0.3, -0.25) is 0 Å². The Morgan fingerprint density at radius 3 is 2.59 bits per heavy atom. The van der Waals surface area contributed by atoms with Crippen LogP contribution in [0.1, 0.15) is 18.0 Å². The molecule has 1 fully saturated rings. The summed E-state index contributed by atoms with van der Waals surface area (Å²) in [6, 6.07) is 13.5. The lowest BCUT2D eigenvalue weighted by atomic mass is 9.88. The van der Waals surface area contributed by atoms with Crippen molar-refractivity contribution in [2.24, 2.45) is 5.92 Å². The van der Waals surface area contributed by atoms with Crippen molar-refractivity contribution < 1.29 is 9.47 Å². The fraction of sp³-hybridized carbons (Fsp3) is 0.294. The normalized spacial score (nSPS) is 26.0. The molecule has 0 amide bonds. The first-order valence-electron chi connectivity index (χ1n) is 7.30. The van der Waals surface area contributed by atoms with Gasteiger partial charge < -0.3 is 14.8 Å². The van der Waals surface area contributed by atoms with Crippen molar-refractivity contribution in [2.45, 2.75) is 18.8 Å². The van der Waals surface area contributed by atoms with Crippen molar-refractivity contribution in [3.63, 3.8) is 0 Å². The van der Waals surface area contributed by atoms with Gasteiger partial charge in [-0.15, -0.1) is 0 Å². The van der Waals surface area contributed by atoms with Gasteiger partial charge in [-0.2, -0.15) is 0 Å². The molecule has 4 rings (SSSR count). The van der Waals surface area contributed by atoms with Crippen LogP contribution in [0.2, 0.25) is 10.0 Å². The number of benzene rings is 2. The quantitative estimate of drug-likeness (QED) is 0.846. The molecule has 0 saturated carbocycles. The van der Waals surface area contributed by atoms with Crippen molar-refractivity contribution in [3.8, 4) is 5.75 Å². The minimum atomic E-state index is -0.196. The van der Waals surface area contributed by atoms with E-state index >= 15 is 0 Å². The molecule has 1 saturated heterocycles. The minimum absolute atomic E-state index is 0.108. The molecule has 1 N–H and O–H groups in total. The van der Waals surface area contributed by atoms with Gasteiger partial charge in [0.15, 0.2) is 0 Å². The summed E-state index contributed by atoms with van der Waals surface area (Å²) in [5.74, 6) is 1.10. The number of ether oxygens (including phenoxy) is 2. The summed E-state index contributed by atoms with van der Waals surface area (Å²) < 4.78 is 11.7. The van der Waals surface area contributed by atoms with Crippen LogP contribution in [-0.4, -0.2) is 12.9 Å². The van der Waals surface area contributed by atoms with E-state index in [4.69, 9.17) is 32.7 Å². The molecule has 2 heterocycles. The summed E-state index contributed by atoms with van der Waals surface area (Å²) in [5.41, 5.74) is 2.10. The highest BCUT2D eigenvalue weighted by Crippen LogP contribution is 2.45. The molecule has 3 atom stereocenters. The van der Waals surface area contributed by atoms with Gasteiger partial charge in [0.25, 0.3) is 0 Å². The van der Waals surface area contributed by atoms with Crippen molar-refractivity contribution in [1.82, 2.24) is 0 Å². The standard InChI is InChI=1S/C17H15Cl2NO2/c18-10-1-4-12(5-2-10)20-16-13-7-8-21-17(13)22-15-6-3-11(19)9-14(15)16/h1-6,9,13,16-17,20H,7-8H2/t13-,16+,17+/m1/s1. The van der Waals surface area contributed by atoms with Crippen LogP contribution in [0.15, 0.2) is 42.5 Å². The Morgan fingerprint density at radius 1 is 1.00 bits per heavy atom. The molecule has 2 aromatic rings. The summed E-state index contributed by atoms with van der Waals surface area (Å²) in [7, 11) is 0. The second-order valence-corrected chi connectivity index (χ2v) is 6.49. The lowest BCUT2D eigenvalue weighted by Crippen LogP contribution is -2.36. The smallest absolute Gasteiger partial charge is 0.205 e. The summed E-state index contributed by atoms with van der Waals surface area (Å²) in [5, 5.41) is 5.02. The van der Waals surface area contributed by atoms with Crippen molar-refractivity contribution >= 4 is 28.9 Å². The highest BCUT2D eigenvalue weighted by atomic mass is 35.5. The van der Waals surface area contributed by atoms with Crippen LogP contribution < -0.4 is 10.1 Å². The molecule has 3 nitrogen and oxygen atoms in total. The molecular weight excluding hydrogens is 321 g/mol. The number of nitrogens with one attached hydrogen (secondary N) is 1. The summed E-state index contributed by atoms with van der Waals surface area (Å²) >= 11 is 12.1. The maximum absolute atomic E-state index is 6.18. The molecule has 22 heavy (non-hydrogen) atoms. The largest absolute Gasteiger partial charge is 0.464 e. The first kappa shape index (κ1) is 14.2. The zero-order valence-electron chi connectivity index (χ0n) is 11.8. The summed E-state index contributed by atoms with van der Waals surface area (Å²) in [6.07, 6.45) is 0.764. The first-order valence-corrected chi connectivity index (χ1v) is 8.06. The number of fused-ring (bicyclic) bond motifs is 2. The average Bonchev–Trinajstić information content (AvgIpc) is 2.98. The van der Waals surface area contributed by atoms with E-state index in [1.54, 1.807) is 0 Å². The van der Waals surface area contributed by atoms with Crippen LogP contribution in [0.3, 0.4) is 0 Å². The van der Waals surface area contributed by atoms with Gasteiger partial charge >= 0.3 is 0 Å². The van der Waals surface area contributed by atoms with E-state index in [-0.39, 0.29) is 18.2 Å². The molecule has 0 radical (unpaired) electrons.